The first kappa shape index (κ1) is 14.4. The Hall–Kier alpha value is -2.02. The molecule has 0 aliphatic heterocycles. The van der Waals surface area contributed by atoms with Gasteiger partial charge in [0.1, 0.15) is 11.4 Å². The molecule has 0 fully saturated rings. The van der Waals surface area contributed by atoms with Gasteiger partial charge in [-0.25, -0.2) is 4.98 Å². The van der Waals surface area contributed by atoms with Crippen LogP contribution in [-0.2, 0) is 0 Å². The molecular weight excluding hydrogens is 324 g/mol. The number of halogens is 1. The predicted octanol–water partition coefficient (Wildman–Crippen LogP) is 2.50. The number of hydrogen-bond donors (Lipinski definition) is 2. The van der Waals surface area contributed by atoms with Gasteiger partial charge in [-0.1, -0.05) is 0 Å². The van der Waals surface area contributed by atoms with Crippen molar-refractivity contribution in [3.05, 3.63) is 34.7 Å². The van der Waals surface area contributed by atoms with E-state index in [-0.39, 0.29) is 5.91 Å². The second-order valence-electron chi connectivity index (χ2n) is 4.29. The van der Waals surface area contributed by atoms with Crippen molar-refractivity contribution in [1.29, 1.82) is 0 Å². The van der Waals surface area contributed by atoms with Gasteiger partial charge in [-0.15, -0.1) is 0 Å². The van der Waals surface area contributed by atoms with Gasteiger partial charge in [-0.2, -0.15) is 0 Å². The molecule has 0 bridgehead atoms. The number of H-pyrrole nitrogens is 1. The first-order valence-electron chi connectivity index (χ1n) is 5.88. The van der Waals surface area contributed by atoms with Crippen LogP contribution in [0.5, 0.6) is 5.88 Å². The lowest BCUT2D eigenvalue weighted by Crippen LogP contribution is -2.18. The SMILES string of the molecule is COc1nccc(N(C)C)c1NC(=O)c1cc(Br)c[nH]1. The number of aromatic nitrogens is 2. The minimum absolute atomic E-state index is 0.259. The molecule has 0 radical (unpaired) electrons. The second kappa shape index (κ2) is 5.96. The molecule has 1 amide bonds. The Morgan fingerprint density at radius 2 is 2.25 bits per heavy atom. The average Bonchev–Trinajstić information content (AvgIpc) is 2.85. The minimum Gasteiger partial charge on any atom is -0.479 e. The predicted molar refractivity (Wildman–Crippen MR) is 81.6 cm³/mol. The van der Waals surface area contributed by atoms with Crippen molar-refractivity contribution in [3.63, 3.8) is 0 Å². The van der Waals surface area contributed by atoms with E-state index in [2.05, 4.69) is 31.2 Å². The largest absolute Gasteiger partial charge is 0.479 e. The zero-order chi connectivity index (χ0) is 14.7. The lowest BCUT2D eigenvalue weighted by Gasteiger charge is -2.19. The highest BCUT2D eigenvalue weighted by Gasteiger charge is 2.16. The van der Waals surface area contributed by atoms with E-state index < -0.39 is 0 Å². The summed E-state index contributed by atoms with van der Waals surface area (Å²) in [5, 5.41) is 2.82. The fourth-order valence-electron chi connectivity index (χ4n) is 1.76. The summed E-state index contributed by atoms with van der Waals surface area (Å²) in [6.07, 6.45) is 3.33. The van der Waals surface area contributed by atoms with E-state index in [1.807, 2.05) is 25.1 Å². The zero-order valence-electron chi connectivity index (χ0n) is 11.4. The summed E-state index contributed by atoms with van der Waals surface area (Å²) >= 11 is 3.30. The van der Waals surface area contributed by atoms with Crippen LogP contribution in [0.1, 0.15) is 10.5 Å². The summed E-state index contributed by atoms with van der Waals surface area (Å²) in [5.74, 6) is 0.111. The highest BCUT2D eigenvalue weighted by Crippen LogP contribution is 2.32. The summed E-state index contributed by atoms with van der Waals surface area (Å²) < 4.78 is 6.02. The molecule has 7 heteroatoms. The van der Waals surface area contributed by atoms with Crippen LogP contribution < -0.4 is 15.0 Å². The van der Waals surface area contributed by atoms with Gasteiger partial charge < -0.3 is 19.9 Å². The molecule has 2 rings (SSSR count). The number of amides is 1. The second-order valence-corrected chi connectivity index (χ2v) is 5.21. The summed E-state index contributed by atoms with van der Waals surface area (Å²) in [6.45, 7) is 0. The molecular formula is C13H15BrN4O2. The highest BCUT2D eigenvalue weighted by atomic mass is 79.9. The molecule has 0 spiro atoms. The number of hydrogen-bond acceptors (Lipinski definition) is 4. The van der Waals surface area contributed by atoms with Crippen molar-refractivity contribution < 1.29 is 9.53 Å². The van der Waals surface area contributed by atoms with E-state index in [1.54, 1.807) is 18.5 Å². The van der Waals surface area contributed by atoms with Gasteiger partial charge in [0.2, 0.25) is 5.88 Å². The maximum absolute atomic E-state index is 12.2. The Morgan fingerprint density at radius 1 is 1.50 bits per heavy atom. The number of aromatic amines is 1. The Labute approximate surface area is 125 Å². The summed E-state index contributed by atoms with van der Waals surface area (Å²) in [6, 6.07) is 3.51. The van der Waals surface area contributed by atoms with Crippen molar-refractivity contribution in [2.75, 3.05) is 31.4 Å². The van der Waals surface area contributed by atoms with E-state index in [1.165, 1.54) is 7.11 Å². The van der Waals surface area contributed by atoms with Crippen LogP contribution in [-0.4, -0.2) is 37.1 Å². The first-order valence-corrected chi connectivity index (χ1v) is 6.68. The number of pyridine rings is 1. The number of nitrogens with zero attached hydrogens (tertiary/aromatic N) is 2. The van der Waals surface area contributed by atoms with Crippen LogP contribution in [0.4, 0.5) is 11.4 Å². The molecule has 0 aromatic carbocycles. The van der Waals surface area contributed by atoms with E-state index in [0.717, 1.165) is 10.2 Å². The lowest BCUT2D eigenvalue weighted by molar-refractivity contribution is 0.102. The molecule has 2 aromatic heterocycles. The van der Waals surface area contributed by atoms with Crippen molar-refractivity contribution in [3.8, 4) is 5.88 Å². The molecule has 2 N–H and O–H groups in total. The standard InChI is InChI=1S/C13H15BrN4O2/c1-18(2)10-4-5-15-13(20-3)11(10)17-12(19)9-6-8(14)7-16-9/h4-7,16H,1-3H3,(H,17,19). The number of rotatable bonds is 4. The Morgan fingerprint density at radius 3 is 2.80 bits per heavy atom. The van der Waals surface area contributed by atoms with Gasteiger partial charge in [0.15, 0.2) is 0 Å². The highest BCUT2D eigenvalue weighted by molar-refractivity contribution is 9.10. The topological polar surface area (TPSA) is 70.2 Å². The molecule has 0 aliphatic carbocycles. The van der Waals surface area contributed by atoms with Crippen LogP contribution in [0.25, 0.3) is 0 Å². The molecule has 0 saturated carbocycles. The minimum atomic E-state index is -0.259. The summed E-state index contributed by atoms with van der Waals surface area (Å²) in [5.41, 5.74) is 1.80. The van der Waals surface area contributed by atoms with Crippen LogP contribution in [0.3, 0.4) is 0 Å². The van der Waals surface area contributed by atoms with Crippen LogP contribution in [0.2, 0.25) is 0 Å². The van der Waals surface area contributed by atoms with Gasteiger partial charge in [0.25, 0.3) is 5.91 Å². The fourth-order valence-corrected chi connectivity index (χ4v) is 2.10. The van der Waals surface area contributed by atoms with Crippen molar-refractivity contribution in [2.24, 2.45) is 0 Å². The van der Waals surface area contributed by atoms with E-state index in [4.69, 9.17) is 4.74 Å². The van der Waals surface area contributed by atoms with Gasteiger partial charge in [0.05, 0.1) is 12.8 Å². The number of ether oxygens (including phenoxy) is 1. The quantitative estimate of drug-likeness (QED) is 0.898. The van der Waals surface area contributed by atoms with E-state index in [9.17, 15) is 4.79 Å². The number of carbonyl (C=O) groups excluding carboxylic acids is 1. The molecule has 20 heavy (non-hydrogen) atoms. The van der Waals surface area contributed by atoms with Gasteiger partial charge >= 0.3 is 0 Å². The summed E-state index contributed by atoms with van der Waals surface area (Å²) in [7, 11) is 5.29. The van der Waals surface area contributed by atoms with Crippen molar-refractivity contribution >= 4 is 33.2 Å². The number of carbonyl (C=O) groups is 1. The van der Waals surface area contributed by atoms with E-state index in [0.29, 0.717) is 17.3 Å². The number of methoxy groups -OCH3 is 1. The van der Waals surface area contributed by atoms with Gasteiger partial charge in [0, 0.05) is 31.0 Å². The number of anilines is 2. The third-order valence-corrected chi connectivity index (χ3v) is 3.16. The smallest absolute Gasteiger partial charge is 0.272 e. The lowest BCUT2D eigenvalue weighted by atomic mass is 10.3. The zero-order valence-corrected chi connectivity index (χ0v) is 13.0. The van der Waals surface area contributed by atoms with Crippen molar-refractivity contribution in [2.45, 2.75) is 0 Å². The number of nitrogens with one attached hydrogen (secondary N) is 2. The summed E-state index contributed by atoms with van der Waals surface area (Å²) in [4.78, 5) is 21.1. The molecule has 2 heterocycles. The third-order valence-electron chi connectivity index (χ3n) is 2.70. The maximum atomic E-state index is 12.2. The molecule has 6 nitrogen and oxygen atoms in total. The van der Waals surface area contributed by atoms with Crippen molar-refractivity contribution in [1.82, 2.24) is 9.97 Å². The Balaban J connectivity index is 2.34. The monoisotopic (exact) mass is 338 g/mol. The molecule has 2 aromatic rings. The fraction of sp³-hybridized carbons (Fsp3) is 0.231. The molecule has 106 valence electrons. The van der Waals surface area contributed by atoms with E-state index >= 15 is 0 Å². The Kier molecular flexibility index (Phi) is 4.29. The van der Waals surface area contributed by atoms with Gasteiger partial charge in [-0.05, 0) is 28.1 Å². The average molecular weight is 339 g/mol. The Bertz CT molecular complexity index is 625. The molecule has 0 unspecified atom stereocenters. The first-order chi connectivity index (χ1) is 9.52. The molecule has 0 aliphatic rings. The van der Waals surface area contributed by atoms with Crippen LogP contribution in [0, 0.1) is 0 Å². The normalized spacial score (nSPS) is 10.2. The van der Waals surface area contributed by atoms with Crippen LogP contribution in [0.15, 0.2) is 29.0 Å². The van der Waals surface area contributed by atoms with Gasteiger partial charge in [-0.3, -0.25) is 4.79 Å². The molecule has 0 saturated heterocycles. The third kappa shape index (κ3) is 2.93. The molecule has 0 atom stereocenters. The van der Waals surface area contributed by atoms with Crippen LogP contribution >= 0.6 is 15.9 Å². The maximum Gasteiger partial charge on any atom is 0.272 e.